The van der Waals surface area contributed by atoms with E-state index < -0.39 is 0 Å². The van der Waals surface area contributed by atoms with Crippen molar-refractivity contribution in [1.29, 1.82) is 0 Å². The van der Waals surface area contributed by atoms with Crippen LogP contribution in [0.25, 0.3) is 6.08 Å². The number of aryl methyl sites for hydroxylation is 1. The Morgan fingerprint density at radius 1 is 0.744 bits per heavy atom. The Morgan fingerprint density at radius 3 is 1.92 bits per heavy atom. The van der Waals surface area contributed by atoms with Gasteiger partial charge in [0, 0.05) is 19.5 Å². The van der Waals surface area contributed by atoms with Crippen LogP contribution in [-0.4, -0.2) is 78.5 Å². The summed E-state index contributed by atoms with van der Waals surface area (Å²) < 4.78 is 32.7. The first-order valence-electron chi connectivity index (χ1n) is 12.9. The topological polar surface area (TPSA) is 142 Å². The normalized spacial score (nSPS) is 11.0. The summed E-state index contributed by atoms with van der Waals surface area (Å²) in [6, 6.07) is 10.8. The lowest BCUT2D eigenvalue weighted by atomic mass is 10.0. The summed E-state index contributed by atoms with van der Waals surface area (Å²) in [4.78, 5) is 24.8. The van der Waals surface area contributed by atoms with Crippen molar-refractivity contribution in [2.24, 2.45) is 11.5 Å². The Labute approximate surface area is 230 Å². The van der Waals surface area contributed by atoms with Crippen LogP contribution in [0.4, 0.5) is 0 Å². The van der Waals surface area contributed by atoms with Crippen molar-refractivity contribution in [3.05, 3.63) is 53.6 Å². The molecule has 0 saturated carbocycles. The highest BCUT2D eigenvalue weighted by molar-refractivity contribution is 6.06. The second-order valence-corrected chi connectivity index (χ2v) is 8.41. The van der Waals surface area contributed by atoms with Crippen LogP contribution < -0.4 is 30.4 Å². The summed E-state index contributed by atoms with van der Waals surface area (Å²) in [5, 5.41) is 0. The van der Waals surface area contributed by atoms with Crippen LogP contribution in [0, 0.1) is 0 Å². The summed E-state index contributed by atoms with van der Waals surface area (Å²) in [5.74, 6) is 1.86. The number of carbonyl (C=O) groups is 2. The van der Waals surface area contributed by atoms with Crippen LogP contribution in [0.15, 0.2) is 42.5 Å². The molecule has 0 aromatic heterocycles. The number of ether oxygens (including phenoxy) is 6. The van der Waals surface area contributed by atoms with E-state index in [1.807, 2.05) is 12.1 Å². The molecule has 0 aliphatic heterocycles. The molecule has 0 aliphatic rings. The highest BCUT2D eigenvalue weighted by Crippen LogP contribution is 2.29. The minimum Gasteiger partial charge on any atom is -0.493 e. The molecule has 0 radical (unpaired) electrons. The number of benzene rings is 2. The van der Waals surface area contributed by atoms with E-state index in [1.165, 1.54) is 6.08 Å². The Kier molecular flexibility index (Phi) is 15.3. The van der Waals surface area contributed by atoms with Crippen LogP contribution in [0.5, 0.6) is 23.0 Å². The van der Waals surface area contributed by atoms with Gasteiger partial charge in [-0.3, -0.25) is 9.59 Å². The third-order valence-electron chi connectivity index (χ3n) is 5.44. The van der Waals surface area contributed by atoms with Gasteiger partial charge in [-0.2, -0.15) is 0 Å². The third kappa shape index (κ3) is 12.3. The summed E-state index contributed by atoms with van der Waals surface area (Å²) in [6.45, 7) is 3.47. The maximum atomic E-state index is 12.4. The van der Waals surface area contributed by atoms with Crippen LogP contribution in [0.1, 0.15) is 24.0 Å². The number of methoxy groups -OCH3 is 2. The number of carbonyl (C=O) groups excluding carboxylic acids is 2. The predicted octanol–water partition coefficient (Wildman–Crippen LogP) is 2.59. The average Bonchev–Trinajstić information content (AvgIpc) is 2.95. The maximum Gasteiger partial charge on any atom is 0.163 e. The summed E-state index contributed by atoms with van der Waals surface area (Å²) in [5.41, 5.74) is 12.4. The van der Waals surface area contributed by atoms with E-state index >= 15 is 0 Å². The molecule has 0 atom stereocenters. The largest absolute Gasteiger partial charge is 0.493 e. The maximum absolute atomic E-state index is 12.4. The van der Waals surface area contributed by atoms with Gasteiger partial charge < -0.3 is 39.9 Å². The number of hydrogen-bond acceptors (Lipinski definition) is 10. The lowest BCUT2D eigenvalue weighted by Crippen LogP contribution is -2.13. The fourth-order valence-electron chi connectivity index (χ4n) is 3.50. The van der Waals surface area contributed by atoms with Crippen molar-refractivity contribution in [2.45, 2.75) is 19.3 Å². The number of ketones is 2. The van der Waals surface area contributed by atoms with Gasteiger partial charge in [0.15, 0.2) is 28.8 Å². The van der Waals surface area contributed by atoms with Gasteiger partial charge in [0.05, 0.1) is 47.1 Å². The van der Waals surface area contributed by atoms with Gasteiger partial charge in [-0.15, -0.1) is 0 Å². The van der Waals surface area contributed by atoms with Crippen LogP contribution >= 0.6 is 0 Å². The molecule has 0 bridgehead atoms. The van der Waals surface area contributed by atoms with Crippen LogP contribution in [0.2, 0.25) is 0 Å². The lowest BCUT2D eigenvalue weighted by molar-refractivity contribution is -0.124. The van der Waals surface area contributed by atoms with Crippen molar-refractivity contribution >= 4 is 17.6 Å². The molecule has 2 aromatic rings. The van der Waals surface area contributed by atoms with Gasteiger partial charge in [0.2, 0.25) is 0 Å². The molecule has 0 saturated heterocycles. The number of allylic oxidation sites excluding steroid dienone is 1. The van der Waals surface area contributed by atoms with Crippen LogP contribution in [-0.2, 0) is 25.5 Å². The van der Waals surface area contributed by atoms with Crippen molar-refractivity contribution in [3.63, 3.8) is 0 Å². The smallest absolute Gasteiger partial charge is 0.163 e. The molecule has 2 rings (SSSR count). The predicted molar refractivity (Wildman–Crippen MR) is 149 cm³/mol. The summed E-state index contributed by atoms with van der Waals surface area (Å²) >= 11 is 0. The molecular formula is C29H40N2O8. The van der Waals surface area contributed by atoms with Gasteiger partial charge in [0.25, 0.3) is 0 Å². The Bertz CT molecular complexity index is 1060. The van der Waals surface area contributed by atoms with Crippen molar-refractivity contribution in [2.75, 3.05) is 67.0 Å². The number of Topliss-reactive ketones (excluding diaryl/α,β-unsaturated/α-hetero) is 1. The average molecular weight is 545 g/mol. The molecule has 0 spiro atoms. The van der Waals surface area contributed by atoms with Gasteiger partial charge >= 0.3 is 0 Å². The van der Waals surface area contributed by atoms with E-state index in [-0.39, 0.29) is 24.4 Å². The second-order valence-electron chi connectivity index (χ2n) is 8.41. The fourth-order valence-corrected chi connectivity index (χ4v) is 3.50. The highest BCUT2D eigenvalue weighted by atomic mass is 16.5. The first-order valence-corrected chi connectivity index (χ1v) is 12.9. The first kappa shape index (κ1) is 31.8. The van der Waals surface area contributed by atoms with E-state index in [2.05, 4.69) is 0 Å². The van der Waals surface area contributed by atoms with Crippen molar-refractivity contribution < 1.29 is 38.0 Å². The molecule has 10 heteroatoms. The van der Waals surface area contributed by atoms with Gasteiger partial charge in [-0.25, -0.2) is 0 Å². The molecular weight excluding hydrogens is 504 g/mol. The monoisotopic (exact) mass is 544 g/mol. The Morgan fingerprint density at radius 2 is 1.33 bits per heavy atom. The Hall–Kier alpha value is -3.44. The molecule has 214 valence electrons. The Balaban J connectivity index is 1.81. The molecule has 2 aromatic carbocycles. The minimum absolute atomic E-state index is 0.140. The SMILES string of the molecule is COc1cc(/C=C/C(=O)CC(=O)CCc2ccc(OCCOCCN)c(OC)c2)ccc1OCCOCCN. The molecule has 0 heterocycles. The lowest BCUT2D eigenvalue weighted by Gasteiger charge is -2.12. The zero-order valence-corrected chi connectivity index (χ0v) is 22.8. The fraction of sp³-hybridized carbons (Fsp3) is 0.448. The van der Waals surface area contributed by atoms with E-state index in [1.54, 1.807) is 44.6 Å². The summed E-state index contributed by atoms with van der Waals surface area (Å²) in [7, 11) is 3.10. The van der Waals surface area contributed by atoms with Crippen molar-refractivity contribution in [3.8, 4) is 23.0 Å². The second kappa shape index (κ2) is 18.8. The molecule has 39 heavy (non-hydrogen) atoms. The van der Waals surface area contributed by atoms with E-state index in [0.29, 0.717) is 82.1 Å². The number of hydrogen-bond donors (Lipinski definition) is 2. The number of rotatable bonds is 21. The van der Waals surface area contributed by atoms with E-state index in [4.69, 9.17) is 39.9 Å². The highest BCUT2D eigenvalue weighted by Gasteiger charge is 2.11. The van der Waals surface area contributed by atoms with E-state index in [0.717, 1.165) is 11.1 Å². The zero-order valence-electron chi connectivity index (χ0n) is 22.8. The molecule has 0 aliphatic carbocycles. The minimum atomic E-state index is -0.269. The van der Waals surface area contributed by atoms with Gasteiger partial charge in [-0.1, -0.05) is 18.2 Å². The zero-order chi connectivity index (χ0) is 28.3. The standard InChI is InChI=1S/C29H40N2O8/c1-34-28-19-22(5-9-26(28)38-17-15-36-13-11-30)3-7-24(32)21-25(33)8-4-23-6-10-27(29(20-23)35-2)39-18-16-37-14-12-31/h3,5-7,9-10,19-20H,4,8,11-18,21,30-31H2,1-2H3/b7-3+. The third-order valence-corrected chi connectivity index (χ3v) is 5.44. The molecule has 0 fully saturated rings. The van der Waals surface area contributed by atoms with Crippen LogP contribution in [0.3, 0.4) is 0 Å². The van der Waals surface area contributed by atoms with Crippen molar-refractivity contribution in [1.82, 2.24) is 0 Å². The van der Waals surface area contributed by atoms with Gasteiger partial charge in [0.1, 0.15) is 19.0 Å². The molecule has 0 unspecified atom stereocenters. The first-order chi connectivity index (χ1) is 19.0. The van der Waals surface area contributed by atoms with Gasteiger partial charge in [-0.05, 0) is 47.9 Å². The summed E-state index contributed by atoms with van der Waals surface area (Å²) in [6.07, 6.45) is 3.61. The quantitative estimate of drug-likeness (QED) is 0.137. The number of nitrogens with two attached hydrogens (primary N) is 2. The molecule has 0 amide bonds. The van der Waals surface area contributed by atoms with E-state index in [9.17, 15) is 9.59 Å². The molecule has 4 N–H and O–H groups in total. The molecule has 10 nitrogen and oxygen atoms in total.